The lowest BCUT2D eigenvalue weighted by Gasteiger charge is -2.23. The first-order valence-electron chi connectivity index (χ1n) is 18.4. The number of rotatable bonds is 13. The molecule has 7 rings (SSSR count). The second-order valence-corrected chi connectivity index (χ2v) is 14.0. The zero-order chi connectivity index (χ0) is 36.7. The fourth-order valence-corrected chi connectivity index (χ4v) is 7.05. The number of methoxy groups -OCH3 is 1. The number of carbonyl (C=O) groups is 1. The molecule has 3 aromatic heterocycles. The molecule has 2 N–H and O–H groups in total. The molecule has 0 spiro atoms. The van der Waals surface area contributed by atoms with Gasteiger partial charge in [0.05, 0.1) is 30.5 Å². The summed E-state index contributed by atoms with van der Waals surface area (Å²) in [5.41, 5.74) is 11.8. The van der Waals surface area contributed by atoms with Gasteiger partial charge < -0.3 is 24.5 Å². The van der Waals surface area contributed by atoms with E-state index in [9.17, 15) is 9.59 Å². The third-order valence-corrected chi connectivity index (χ3v) is 10.2. The smallest absolute Gasteiger partial charge is 0.200 e. The Bertz CT molecular complexity index is 2100. The van der Waals surface area contributed by atoms with Crippen LogP contribution >= 0.6 is 0 Å². The van der Waals surface area contributed by atoms with Crippen LogP contribution in [0.25, 0.3) is 33.5 Å². The lowest BCUT2D eigenvalue weighted by atomic mass is 9.98. The van der Waals surface area contributed by atoms with Gasteiger partial charge in [-0.15, -0.1) is 0 Å². The number of hydrogen-bond acceptors (Lipinski definition) is 10. The predicted molar refractivity (Wildman–Crippen MR) is 205 cm³/mol. The molecule has 0 amide bonds. The monoisotopic (exact) mass is 714 g/mol. The van der Waals surface area contributed by atoms with Crippen molar-refractivity contribution in [3.05, 3.63) is 106 Å². The minimum absolute atomic E-state index is 0.0723. The van der Waals surface area contributed by atoms with Gasteiger partial charge in [0.25, 0.3) is 0 Å². The summed E-state index contributed by atoms with van der Waals surface area (Å²) in [6.45, 7) is 7.89. The van der Waals surface area contributed by atoms with Crippen molar-refractivity contribution in [3.63, 3.8) is 0 Å². The van der Waals surface area contributed by atoms with Crippen LogP contribution in [-0.2, 0) is 17.7 Å². The maximum absolute atomic E-state index is 13.8. The molecule has 11 heteroatoms. The topological polar surface area (TPSA) is 135 Å². The van der Waals surface area contributed by atoms with Crippen LogP contribution in [-0.4, -0.2) is 77.0 Å². The lowest BCUT2D eigenvalue weighted by Crippen LogP contribution is -2.25. The van der Waals surface area contributed by atoms with Gasteiger partial charge in [0.15, 0.2) is 22.7 Å². The van der Waals surface area contributed by atoms with E-state index in [0.717, 1.165) is 67.9 Å². The van der Waals surface area contributed by atoms with Gasteiger partial charge in [0, 0.05) is 61.6 Å². The number of likely N-dealkylation sites (tertiary alicyclic amines) is 1. The van der Waals surface area contributed by atoms with Crippen LogP contribution in [0.5, 0.6) is 11.5 Å². The SMILES string of the molecule is COc1cc(-c2cnc(N)c(-c3ccc(CC(=O)c4cn(CC5CCOCC5)cc(-c5ccc(C)cc5)c4=O)nn3)c2)ccc1OCCN1CCCC1. The van der Waals surface area contributed by atoms with Crippen molar-refractivity contribution < 1.29 is 19.0 Å². The highest BCUT2D eigenvalue weighted by atomic mass is 16.5. The van der Waals surface area contributed by atoms with Crippen molar-refractivity contribution >= 4 is 11.6 Å². The lowest BCUT2D eigenvalue weighted by molar-refractivity contribution is 0.0612. The Hall–Kier alpha value is -5.39. The zero-order valence-corrected chi connectivity index (χ0v) is 30.4. The zero-order valence-electron chi connectivity index (χ0n) is 30.4. The van der Waals surface area contributed by atoms with Crippen molar-refractivity contribution in [3.8, 4) is 45.0 Å². The molecule has 0 aliphatic carbocycles. The van der Waals surface area contributed by atoms with Gasteiger partial charge in [0.2, 0.25) is 0 Å². The number of ketones is 1. The minimum Gasteiger partial charge on any atom is -0.493 e. The highest BCUT2D eigenvalue weighted by Crippen LogP contribution is 2.35. The van der Waals surface area contributed by atoms with Gasteiger partial charge in [-0.1, -0.05) is 35.9 Å². The third-order valence-electron chi connectivity index (χ3n) is 10.2. The van der Waals surface area contributed by atoms with Gasteiger partial charge in [-0.05, 0) is 93.1 Å². The van der Waals surface area contributed by atoms with E-state index in [1.54, 1.807) is 31.6 Å². The maximum Gasteiger partial charge on any atom is 0.200 e. The second kappa shape index (κ2) is 16.5. The summed E-state index contributed by atoms with van der Waals surface area (Å²) < 4.78 is 19.3. The summed E-state index contributed by atoms with van der Waals surface area (Å²) in [6, 6.07) is 19.0. The first kappa shape index (κ1) is 36.0. The highest BCUT2D eigenvalue weighted by Gasteiger charge is 2.21. The number of aryl methyl sites for hydroxylation is 1. The average molecular weight is 715 g/mol. The van der Waals surface area contributed by atoms with Crippen LogP contribution in [0.2, 0.25) is 0 Å². The Morgan fingerprint density at radius 2 is 1.68 bits per heavy atom. The number of nitrogens with zero attached hydrogens (tertiary/aromatic N) is 5. The molecule has 0 atom stereocenters. The van der Waals surface area contributed by atoms with E-state index >= 15 is 0 Å². The molecule has 5 heterocycles. The van der Waals surface area contributed by atoms with Crippen molar-refractivity contribution in [2.75, 3.05) is 52.3 Å². The predicted octanol–water partition coefficient (Wildman–Crippen LogP) is 6.26. The van der Waals surface area contributed by atoms with Gasteiger partial charge in [-0.25, -0.2) is 4.98 Å². The first-order chi connectivity index (χ1) is 25.8. The van der Waals surface area contributed by atoms with E-state index in [1.807, 2.05) is 66.2 Å². The van der Waals surface area contributed by atoms with Crippen LogP contribution in [0.3, 0.4) is 0 Å². The third kappa shape index (κ3) is 8.64. The number of carbonyl (C=O) groups excluding carboxylic acids is 1. The standard InChI is InChI=1S/C42H46N6O5/c1-28-5-7-30(8-6-28)35-26-48(25-29-13-18-52-19-14-29)27-36(41(35)50)38(49)23-33-10-11-37(46-45-33)34-21-32(24-44-42(34)43)31-9-12-39(40(22-31)51-2)53-20-17-47-15-3-4-16-47/h5-12,21-22,24,26-27,29H,3-4,13-20,23,25H2,1-2H3,(H2,43,44). The summed E-state index contributed by atoms with van der Waals surface area (Å²) in [4.78, 5) is 34.4. The minimum atomic E-state index is -0.313. The van der Waals surface area contributed by atoms with Crippen molar-refractivity contribution in [1.29, 1.82) is 0 Å². The van der Waals surface area contributed by atoms with Crippen molar-refractivity contribution in [1.82, 2.24) is 24.6 Å². The Kier molecular flexibility index (Phi) is 11.2. The number of benzene rings is 2. The van der Waals surface area contributed by atoms with Crippen LogP contribution in [0, 0.1) is 12.8 Å². The van der Waals surface area contributed by atoms with Crippen LogP contribution in [0.15, 0.2) is 84.0 Å². The molecule has 2 fully saturated rings. The number of nitrogen functional groups attached to an aromatic ring is 1. The van der Waals surface area contributed by atoms with Gasteiger partial charge in [0.1, 0.15) is 12.4 Å². The fourth-order valence-electron chi connectivity index (χ4n) is 7.05. The second-order valence-electron chi connectivity index (χ2n) is 14.0. The van der Waals surface area contributed by atoms with E-state index in [-0.39, 0.29) is 23.2 Å². The highest BCUT2D eigenvalue weighted by molar-refractivity contribution is 5.98. The molecule has 53 heavy (non-hydrogen) atoms. The summed E-state index contributed by atoms with van der Waals surface area (Å²) in [5.74, 6) is 1.72. The van der Waals surface area contributed by atoms with E-state index in [1.165, 1.54) is 12.8 Å². The van der Waals surface area contributed by atoms with Crippen molar-refractivity contribution in [2.24, 2.45) is 5.92 Å². The van der Waals surface area contributed by atoms with Gasteiger partial charge in [-0.2, -0.15) is 10.2 Å². The van der Waals surface area contributed by atoms with E-state index < -0.39 is 0 Å². The van der Waals surface area contributed by atoms with Crippen molar-refractivity contribution in [2.45, 2.75) is 45.6 Å². The number of hydrogen-bond donors (Lipinski definition) is 1. The molecule has 11 nitrogen and oxygen atoms in total. The normalized spacial score (nSPS) is 15.1. The van der Waals surface area contributed by atoms with E-state index in [0.29, 0.717) is 58.9 Å². The largest absolute Gasteiger partial charge is 0.493 e. The molecule has 274 valence electrons. The summed E-state index contributed by atoms with van der Waals surface area (Å²) in [6.07, 6.45) is 9.57. The Labute approximate surface area is 309 Å². The number of nitrogens with two attached hydrogens (primary N) is 1. The molecule has 2 aliphatic rings. The molecule has 0 bridgehead atoms. The molecule has 2 saturated heterocycles. The van der Waals surface area contributed by atoms with Crippen LogP contribution in [0.4, 0.5) is 5.82 Å². The molecule has 0 saturated carbocycles. The number of pyridine rings is 2. The molecule has 0 unspecified atom stereocenters. The number of Topliss-reactive ketones (excluding diaryl/α,β-unsaturated/α-hetero) is 1. The van der Waals surface area contributed by atoms with Crippen LogP contribution in [0.1, 0.15) is 47.3 Å². The van der Waals surface area contributed by atoms with Crippen LogP contribution < -0.4 is 20.6 Å². The number of ether oxygens (including phenoxy) is 3. The van der Waals surface area contributed by atoms with E-state index in [4.69, 9.17) is 19.9 Å². The van der Waals surface area contributed by atoms with E-state index in [2.05, 4.69) is 20.1 Å². The Balaban J connectivity index is 1.08. The number of aromatic nitrogens is 4. The van der Waals surface area contributed by atoms with Gasteiger partial charge >= 0.3 is 0 Å². The molecular formula is C42H46N6O5. The molecule has 2 aromatic carbocycles. The Morgan fingerprint density at radius 1 is 0.906 bits per heavy atom. The molecule has 0 radical (unpaired) electrons. The Morgan fingerprint density at radius 3 is 2.42 bits per heavy atom. The summed E-state index contributed by atoms with van der Waals surface area (Å²) in [5, 5.41) is 8.81. The molecule has 2 aliphatic heterocycles. The van der Waals surface area contributed by atoms with Gasteiger partial charge in [-0.3, -0.25) is 14.5 Å². The summed E-state index contributed by atoms with van der Waals surface area (Å²) >= 11 is 0. The summed E-state index contributed by atoms with van der Waals surface area (Å²) in [7, 11) is 1.63. The molecular weight excluding hydrogens is 668 g/mol. The first-order valence-corrected chi connectivity index (χ1v) is 18.4. The number of anilines is 1. The average Bonchev–Trinajstić information content (AvgIpc) is 3.71. The quantitative estimate of drug-likeness (QED) is 0.139. The molecule has 5 aromatic rings. The fraction of sp³-hybridized carbons (Fsp3) is 0.357. The maximum atomic E-state index is 13.8.